The van der Waals surface area contributed by atoms with Crippen LogP contribution in [-0.4, -0.2) is 56.3 Å². The highest BCUT2D eigenvalue weighted by molar-refractivity contribution is 7.89. The van der Waals surface area contributed by atoms with Crippen LogP contribution in [-0.2, 0) is 10.0 Å². The second-order valence-corrected chi connectivity index (χ2v) is 9.23. The van der Waals surface area contributed by atoms with Gasteiger partial charge in [-0.25, -0.2) is 8.42 Å². The minimum absolute atomic E-state index is 0.114. The molecule has 3 atom stereocenters. The fourth-order valence-electron chi connectivity index (χ4n) is 3.30. The summed E-state index contributed by atoms with van der Waals surface area (Å²) < 4.78 is 27.5. The first-order chi connectivity index (χ1) is 11.7. The van der Waals surface area contributed by atoms with Gasteiger partial charge in [-0.05, 0) is 43.4 Å². The van der Waals surface area contributed by atoms with Crippen LogP contribution >= 0.6 is 0 Å². The van der Waals surface area contributed by atoms with Crippen molar-refractivity contribution in [2.45, 2.75) is 38.1 Å². The number of sulfonamides is 1. The summed E-state index contributed by atoms with van der Waals surface area (Å²) in [5.74, 6) is 0.440. The van der Waals surface area contributed by atoms with E-state index in [4.69, 9.17) is 5.73 Å². The van der Waals surface area contributed by atoms with Crippen LogP contribution in [0, 0.1) is 11.8 Å². The molecular weight excluding hydrogens is 338 g/mol. The number of rotatable bonds is 5. The van der Waals surface area contributed by atoms with Crippen molar-refractivity contribution >= 4 is 15.9 Å². The van der Waals surface area contributed by atoms with Gasteiger partial charge in [0, 0.05) is 38.3 Å². The van der Waals surface area contributed by atoms with Crippen molar-refractivity contribution in [3.63, 3.8) is 0 Å². The molecule has 1 aliphatic heterocycles. The van der Waals surface area contributed by atoms with Gasteiger partial charge in [-0.15, -0.1) is 0 Å². The number of carbonyl (C=O) groups excluding carboxylic acids is 1. The van der Waals surface area contributed by atoms with E-state index in [1.54, 1.807) is 29.6 Å². The molecule has 1 heterocycles. The molecule has 0 bridgehead atoms. The molecule has 0 saturated carbocycles. The van der Waals surface area contributed by atoms with Crippen LogP contribution in [0.4, 0.5) is 0 Å². The predicted molar refractivity (Wildman–Crippen MR) is 98.8 cm³/mol. The maximum Gasteiger partial charge on any atom is 0.253 e. The van der Waals surface area contributed by atoms with Gasteiger partial charge in [0.15, 0.2) is 0 Å². The highest BCUT2D eigenvalue weighted by Gasteiger charge is 2.32. The van der Waals surface area contributed by atoms with Gasteiger partial charge < -0.3 is 10.6 Å². The Morgan fingerprint density at radius 1 is 1.32 bits per heavy atom. The van der Waals surface area contributed by atoms with Crippen LogP contribution < -0.4 is 5.73 Å². The van der Waals surface area contributed by atoms with Crippen molar-refractivity contribution in [2.75, 3.05) is 26.7 Å². The Morgan fingerprint density at radius 3 is 2.48 bits per heavy atom. The molecule has 1 aromatic rings. The van der Waals surface area contributed by atoms with Crippen LogP contribution in [0.2, 0.25) is 0 Å². The molecule has 1 amide bonds. The molecule has 1 fully saturated rings. The van der Waals surface area contributed by atoms with Crippen LogP contribution in [0.15, 0.2) is 29.2 Å². The highest BCUT2D eigenvalue weighted by atomic mass is 32.2. The quantitative estimate of drug-likeness (QED) is 0.860. The van der Waals surface area contributed by atoms with Crippen molar-refractivity contribution in [3.8, 4) is 0 Å². The molecule has 140 valence electrons. The topological polar surface area (TPSA) is 83.7 Å². The monoisotopic (exact) mass is 367 g/mol. The van der Waals surface area contributed by atoms with Crippen molar-refractivity contribution in [2.24, 2.45) is 17.6 Å². The summed E-state index contributed by atoms with van der Waals surface area (Å²) in [5.41, 5.74) is 5.98. The summed E-state index contributed by atoms with van der Waals surface area (Å²) in [6.45, 7) is 7.39. The Hall–Kier alpha value is -1.44. The van der Waals surface area contributed by atoms with E-state index < -0.39 is 10.0 Å². The van der Waals surface area contributed by atoms with Gasteiger partial charge in [0.05, 0.1) is 4.90 Å². The van der Waals surface area contributed by atoms with Gasteiger partial charge >= 0.3 is 0 Å². The molecule has 1 aromatic carbocycles. The third-order valence-electron chi connectivity index (χ3n) is 4.88. The molecule has 25 heavy (non-hydrogen) atoms. The third kappa shape index (κ3) is 4.40. The van der Waals surface area contributed by atoms with E-state index in [-0.39, 0.29) is 16.8 Å². The number of carbonyl (C=O) groups is 1. The Morgan fingerprint density at radius 2 is 1.92 bits per heavy atom. The second-order valence-electron chi connectivity index (χ2n) is 7.30. The first-order valence-corrected chi connectivity index (χ1v) is 10.2. The maximum absolute atomic E-state index is 13.0. The van der Waals surface area contributed by atoms with E-state index in [9.17, 15) is 13.2 Å². The number of hydrogen-bond acceptors (Lipinski definition) is 4. The smallest absolute Gasteiger partial charge is 0.253 e. The van der Waals surface area contributed by atoms with Crippen LogP contribution in [0.5, 0.6) is 0 Å². The van der Waals surface area contributed by atoms with E-state index in [0.29, 0.717) is 37.0 Å². The first-order valence-electron chi connectivity index (χ1n) is 8.74. The SMILES string of the molecule is CC1CC(C)CN(S(=O)(=O)c2cccc(C(=O)N(C)C(C)CN)c2)C1. The molecule has 1 saturated heterocycles. The molecule has 1 aliphatic rings. The molecule has 7 heteroatoms. The normalized spacial score (nSPS) is 23.2. The predicted octanol–water partition coefficient (Wildman–Crippen LogP) is 1.77. The Bertz CT molecular complexity index is 710. The average Bonchev–Trinajstić information content (AvgIpc) is 2.59. The molecule has 6 nitrogen and oxygen atoms in total. The van der Waals surface area contributed by atoms with Gasteiger partial charge in [-0.2, -0.15) is 4.31 Å². The van der Waals surface area contributed by atoms with Crippen molar-refractivity contribution in [1.82, 2.24) is 9.21 Å². The lowest BCUT2D eigenvalue weighted by Gasteiger charge is -2.34. The lowest BCUT2D eigenvalue weighted by atomic mass is 9.94. The highest BCUT2D eigenvalue weighted by Crippen LogP contribution is 2.27. The van der Waals surface area contributed by atoms with E-state index >= 15 is 0 Å². The standard InChI is InChI=1S/C18H29N3O3S/c1-13-8-14(2)12-21(11-13)25(23,24)17-7-5-6-16(9-17)18(22)20(4)15(3)10-19/h5-7,9,13-15H,8,10-12,19H2,1-4H3. The van der Waals surface area contributed by atoms with Crippen molar-refractivity contribution < 1.29 is 13.2 Å². The number of hydrogen-bond donors (Lipinski definition) is 1. The van der Waals surface area contributed by atoms with Gasteiger partial charge in [0.1, 0.15) is 0 Å². The van der Waals surface area contributed by atoms with Crippen molar-refractivity contribution in [1.29, 1.82) is 0 Å². The number of nitrogens with two attached hydrogens (primary N) is 1. The van der Waals surface area contributed by atoms with Crippen LogP contribution in [0.3, 0.4) is 0 Å². The zero-order chi connectivity index (χ0) is 18.8. The minimum atomic E-state index is -3.60. The number of nitrogens with zero attached hydrogens (tertiary/aromatic N) is 2. The van der Waals surface area contributed by atoms with Gasteiger partial charge in [0.2, 0.25) is 10.0 Å². The van der Waals surface area contributed by atoms with E-state index in [2.05, 4.69) is 13.8 Å². The summed E-state index contributed by atoms with van der Waals surface area (Å²) >= 11 is 0. The van der Waals surface area contributed by atoms with Gasteiger partial charge in [-0.1, -0.05) is 19.9 Å². The number of piperidine rings is 1. The molecule has 3 unspecified atom stereocenters. The summed E-state index contributed by atoms with van der Waals surface area (Å²) in [6, 6.07) is 6.18. The van der Waals surface area contributed by atoms with Crippen LogP contribution in [0.1, 0.15) is 37.6 Å². The largest absolute Gasteiger partial charge is 0.338 e. The Kier molecular flexibility index (Phi) is 6.24. The number of benzene rings is 1. The summed E-state index contributed by atoms with van der Waals surface area (Å²) in [5, 5.41) is 0. The molecule has 0 spiro atoms. The molecule has 0 aromatic heterocycles. The Balaban J connectivity index is 2.29. The molecule has 2 N–H and O–H groups in total. The molecule has 2 rings (SSSR count). The average molecular weight is 368 g/mol. The van der Waals surface area contributed by atoms with Gasteiger partial charge in [-0.3, -0.25) is 4.79 Å². The minimum Gasteiger partial charge on any atom is -0.338 e. The van der Waals surface area contributed by atoms with Gasteiger partial charge in [0.25, 0.3) is 5.91 Å². The fourth-order valence-corrected chi connectivity index (χ4v) is 5.03. The first kappa shape index (κ1) is 19.9. The zero-order valence-electron chi connectivity index (χ0n) is 15.5. The van der Waals surface area contributed by atoms with Crippen molar-refractivity contribution in [3.05, 3.63) is 29.8 Å². The fraction of sp³-hybridized carbons (Fsp3) is 0.611. The van der Waals surface area contributed by atoms with E-state index in [1.807, 2.05) is 6.92 Å². The number of amides is 1. The van der Waals surface area contributed by atoms with E-state index in [0.717, 1.165) is 6.42 Å². The second kappa shape index (κ2) is 7.85. The Labute approximate surface area is 151 Å². The zero-order valence-corrected chi connectivity index (χ0v) is 16.3. The number of likely N-dealkylation sites (N-methyl/N-ethyl adjacent to an activating group) is 1. The molecular formula is C18H29N3O3S. The molecule has 0 aliphatic carbocycles. The molecule has 0 radical (unpaired) electrons. The lowest BCUT2D eigenvalue weighted by molar-refractivity contribution is 0.0748. The third-order valence-corrected chi connectivity index (χ3v) is 6.70. The maximum atomic E-state index is 13.0. The summed E-state index contributed by atoms with van der Waals surface area (Å²) in [7, 11) is -1.92. The summed E-state index contributed by atoms with van der Waals surface area (Å²) in [6.07, 6.45) is 1.03. The van der Waals surface area contributed by atoms with E-state index in [1.165, 1.54) is 11.0 Å². The van der Waals surface area contributed by atoms with Crippen LogP contribution in [0.25, 0.3) is 0 Å². The lowest BCUT2D eigenvalue weighted by Crippen LogP contribution is -2.42. The summed E-state index contributed by atoms with van der Waals surface area (Å²) in [4.78, 5) is 14.3.